The Morgan fingerprint density at radius 2 is 1.59 bits per heavy atom. The number of halogens is 1. The van der Waals surface area contributed by atoms with Crippen molar-refractivity contribution in [2.45, 2.75) is 26.0 Å². The highest BCUT2D eigenvalue weighted by Crippen LogP contribution is 2.15. The number of anilines is 2. The Balaban J connectivity index is 1.68. The van der Waals surface area contributed by atoms with E-state index in [4.69, 9.17) is 4.74 Å². The lowest BCUT2D eigenvalue weighted by molar-refractivity contribution is -0.147. The average molecular weight is 462 g/mol. The molecule has 0 fully saturated rings. The van der Waals surface area contributed by atoms with E-state index >= 15 is 0 Å². The second kappa shape index (κ2) is 11.8. The van der Waals surface area contributed by atoms with Gasteiger partial charge in [-0.1, -0.05) is 6.07 Å². The van der Waals surface area contributed by atoms with Gasteiger partial charge in [0.25, 0.3) is 5.91 Å². The van der Waals surface area contributed by atoms with Crippen LogP contribution in [0.4, 0.5) is 20.6 Å². The van der Waals surface area contributed by atoms with Crippen LogP contribution in [0.2, 0.25) is 0 Å². The molecule has 170 valence electrons. The molecule has 3 N–H and O–H groups in total. The number of imide groups is 1. The Labute approximate surface area is 189 Å². The standard InChI is InChI=1S/C22H24FN3O5S/c1-13-4-7-18(10-14(13)2)25-22(30)26-19(27)11-31-21(29)15(3)32-12-20(28)24-17-8-5-16(23)6-9-17/h4-10,15H,11-12H2,1-3H3,(H,24,28)(H2,25,26,27,30). The van der Waals surface area contributed by atoms with E-state index < -0.39 is 35.6 Å². The molecule has 0 aromatic heterocycles. The molecule has 4 amide bonds. The lowest BCUT2D eigenvalue weighted by Crippen LogP contribution is -2.37. The molecule has 0 saturated carbocycles. The third kappa shape index (κ3) is 8.38. The van der Waals surface area contributed by atoms with Crippen LogP contribution in [0.1, 0.15) is 18.1 Å². The first kappa shape index (κ1) is 24.9. The van der Waals surface area contributed by atoms with Gasteiger partial charge in [-0.15, -0.1) is 11.8 Å². The zero-order chi connectivity index (χ0) is 23.7. The monoisotopic (exact) mass is 461 g/mol. The summed E-state index contributed by atoms with van der Waals surface area (Å²) in [4.78, 5) is 47.6. The molecule has 2 aromatic carbocycles. The van der Waals surface area contributed by atoms with Gasteiger partial charge < -0.3 is 15.4 Å². The number of ether oxygens (including phenoxy) is 1. The molecular formula is C22H24FN3O5S. The minimum atomic E-state index is -0.786. The Bertz CT molecular complexity index is 998. The summed E-state index contributed by atoms with van der Waals surface area (Å²) in [5, 5.41) is 6.46. The molecule has 2 rings (SSSR count). The molecule has 0 spiro atoms. The summed E-state index contributed by atoms with van der Waals surface area (Å²) in [5.74, 6) is -2.32. The maximum absolute atomic E-state index is 12.9. The van der Waals surface area contributed by atoms with Gasteiger partial charge in [0.1, 0.15) is 11.1 Å². The molecular weight excluding hydrogens is 437 g/mol. The number of thioether (sulfide) groups is 1. The van der Waals surface area contributed by atoms with E-state index in [2.05, 4.69) is 16.0 Å². The number of aryl methyl sites for hydroxylation is 2. The zero-order valence-electron chi connectivity index (χ0n) is 17.9. The number of benzene rings is 2. The molecule has 0 bridgehead atoms. The Hall–Kier alpha value is -3.40. The molecule has 1 atom stereocenters. The van der Waals surface area contributed by atoms with Gasteiger partial charge in [-0.2, -0.15) is 0 Å². The molecule has 0 aliphatic heterocycles. The summed E-state index contributed by atoms with van der Waals surface area (Å²) in [6.07, 6.45) is 0. The number of rotatable bonds is 8. The Morgan fingerprint density at radius 1 is 0.938 bits per heavy atom. The highest BCUT2D eigenvalue weighted by atomic mass is 32.2. The maximum atomic E-state index is 12.9. The predicted molar refractivity (Wildman–Crippen MR) is 121 cm³/mol. The van der Waals surface area contributed by atoms with Crippen LogP contribution in [0, 0.1) is 19.7 Å². The molecule has 10 heteroatoms. The normalized spacial score (nSPS) is 11.2. The highest BCUT2D eigenvalue weighted by molar-refractivity contribution is 8.01. The number of nitrogens with one attached hydrogen (secondary N) is 3. The van der Waals surface area contributed by atoms with E-state index in [1.54, 1.807) is 12.1 Å². The number of carbonyl (C=O) groups is 4. The first-order valence-corrected chi connectivity index (χ1v) is 10.7. The van der Waals surface area contributed by atoms with Crippen LogP contribution in [0.15, 0.2) is 42.5 Å². The van der Waals surface area contributed by atoms with Crippen LogP contribution in [0.3, 0.4) is 0 Å². The molecule has 0 aliphatic rings. The first-order chi connectivity index (χ1) is 15.1. The molecule has 32 heavy (non-hydrogen) atoms. The van der Waals surface area contributed by atoms with Crippen molar-refractivity contribution in [1.82, 2.24) is 5.32 Å². The summed E-state index contributed by atoms with van der Waals surface area (Å²) in [6, 6.07) is 9.85. The van der Waals surface area contributed by atoms with Crippen molar-refractivity contribution < 1.29 is 28.3 Å². The van der Waals surface area contributed by atoms with Crippen LogP contribution in [-0.4, -0.2) is 41.4 Å². The smallest absolute Gasteiger partial charge is 0.325 e. The maximum Gasteiger partial charge on any atom is 0.325 e. The first-order valence-electron chi connectivity index (χ1n) is 9.66. The van der Waals surface area contributed by atoms with Gasteiger partial charge in [-0.05, 0) is 68.3 Å². The van der Waals surface area contributed by atoms with E-state index in [1.165, 1.54) is 31.2 Å². The lowest BCUT2D eigenvalue weighted by atomic mass is 10.1. The Kier molecular flexibility index (Phi) is 9.21. The van der Waals surface area contributed by atoms with Crippen LogP contribution < -0.4 is 16.0 Å². The summed E-state index contributed by atoms with van der Waals surface area (Å²) in [6.45, 7) is 4.73. The molecule has 0 saturated heterocycles. The van der Waals surface area contributed by atoms with Gasteiger partial charge in [0, 0.05) is 11.4 Å². The van der Waals surface area contributed by atoms with Crippen molar-refractivity contribution in [1.29, 1.82) is 0 Å². The van der Waals surface area contributed by atoms with Gasteiger partial charge in [-0.3, -0.25) is 19.7 Å². The van der Waals surface area contributed by atoms with Crippen molar-refractivity contribution in [3.05, 3.63) is 59.4 Å². The van der Waals surface area contributed by atoms with Crippen LogP contribution >= 0.6 is 11.8 Å². The van der Waals surface area contributed by atoms with E-state index in [0.29, 0.717) is 11.4 Å². The van der Waals surface area contributed by atoms with Crippen molar-refractivity contribution in [2.24, 2.45) is 0 Å². The second-order valence-corrected chi connectivity index (χ2v) is 8.25. The van der Waals surface area contributed by atoms with E-state index in [-0.39, 0.29) is 11.7 Å². The highest BCUT2D eigenvalue weighted by Gasteiger charge is 2.19. The number of amides is 4. The SMILES string of the molecule is Cc1ccc(NC(=O)NC(=O)COC(=O)C(C)SCC(=O)Nc2ccc(F)cc2)cc1C. The fourth-order valence-electron chi connectivity index (χ4n) is 2.40. The van der Waals surface area contributed by atoms with E-state index in [9.17, 15) is 23.6 Å². The minimum Gasteiger partial charge on any atom is -0.455 e. The topological polar surface area (TPSA) is 114 Å². The number of esters is 1. The van der Waals surface area contributed by atoms with Crippen molar-refractivity contribution in [2.75, 3.05) is 23.0 Å². The fourth-order valence-corrected chi connectivity index (χ4v) is 3.07. The predicted octanol–water partition coefficient (Wildman–Crippen LogP) is 3.39. The fraction of sp³-hybridized carbons (Fsp3) is 0.273. The van der Waals surface area contributed by atoms with Gasteiger partial charge in [0.05, 0.1) is 5.75 Å². The Morgan fingerprint density at radius 3 is 2.25 bits per heavy atom. The van der Waals surface area contributed by atoms with Gasteiger partial charge in [-0.25, -0.2) is 9.18 Å². The van der Waals surface area contributed by atoms with Gasteiger partial charge >= 0.3 is 12.0 Å². The van der Waals surface area contributed by atoms with Crippen molar-refractivity contribution >= 4 is 47.0 Å². The molecule has 0 radical (unpaired) electrons. The van der Waals surface area contributed by atoms with E-state index in [0.717, 1.165) is 22.9 Å². The molecule has 2 aromatic rings. The van der Waals surface area contributed by atoms with Crippen LogP contribution in [0.5, 0.6) is 0 Å². The summed E-state index contributed by atoms with van der Waals surface area (Å²) in [5.41, 5.74) is 3.02. The van der Waals surface area contributed by atoms with Crippen LogP contribution in [-0.2, 0) is 19.1 Å². The minimum absolute atomic E-state index is 0.0434. The number of urea groups is 1. The molecule has 8 nitrogen and oxygen atoms in total. The average Bonchev–Trinajstić information content (AvgIpc) is 2.74. The third-order valence-electron chi connectivity index (χ3n) is 4.29. The summed E-state index contributed by atoms with van der Waals surface area (Å²) >= 11 is 1.01. The van der Waals surface area contributed by atoms with E-state index in [1.807, 2.05) is 19.9 Å². The second-order valence-electron chi connectivity index (χ2n) is 6.92. The summed E-state index contributed by atoms with van der Waals surface area (Å²) in [7, 11) is 0. The van der Waals surface area contributed by atoms with Gasteiger partial charge in [0.2, 0.25) is 5.91 Å². The number of carbonyl (C=O) groups excluding carboxylic acids is 4. The van der Waals surface area contributed by atoms with Gasteiger partial charge in [0.15, 0.2) is 6.61 Å². The molecule has 0 heterocycles. The largest absolute Gasteiger partial charge is 0.455 e. The number of hydrogen-bond donors (Lipinski definition) is 3. The third-order valence-corrected chi connectivity index (χ3v) is 5.41. The zero-order valence-corrected chi connectivity index (χ0v) is 18.7. The molecule has 1 unspecified atom stereocenters. The lowest BCUT2D eigenvalue weighted by Gasteiger charge is -2.12. The van der Waals surface area contributed by atoms with Crippen molar-refractivity contribution in [3.8, 4) is 0 Å². The number of hydrogen-bond acceptors (Lipinski definition) is 6. The van der Waals surface area contributed by atoms with Crippen molar-refractivity contribution in [3.63, 3.8) is 0 Å². The van der Waals surface area contributed by atoms with Crippen LogP contribution in [0.25, 0.3) is 0 Å². The molecule has 0 aliphatic carbocycles. The quantitative estimate of drug-likeness (QED) is 0.520. The summed E-state index contributed by atoms with van der Waals surface area (Å²) < 4.78 is 17.8.